The van der Waals surface area contributed by atoms with Gasteiger partial charge in [0.05, 0.1) is 12.2 Å². The number of hydrogen-bond donors (Lipinski definition) is 0. The maximum Gasteiger partial charge on any atom is 0.387 e. The zero-order chi connectivity index (χ0) is 16.8. The lowest BCUT2D eigenvalue weighted by molar-refractivity contribution is -0.136. The first kappa shape index (κ1) is 16.9. The first-order chi connectivity index (χ1) is 11.0. The highest BCUT2D eigenvalue weighted by Gasteiger charge is 2.12. The van der Waals surface area contributed by atoms with Crippen molar-refractivity contribution in [3.8, 4) is 5.75 Å². The molecule has 0 radical (unpaired) electrons. The van der Waals surface area contributed by atoms with Crippen molar-refractivity contribution < 1.29 is 23.0 Å². The Hall–Kier alpha value is -2.43. The van der Waals surface area contributed by atoms with Crippen LogP contribution in [0, 0.1) is 0 Å². The molecule has 0 aliphatic carbocycles. The van der Waals surface area contributed by atoms with Gasteiger partial charge < -0.3 is 9.47 Å². The molecule has 0 aliphatic rings. The summed E-state index contributed by atoms with van der Waals surface area (Å²) in [7, 11) is 0. The Morgan fingerprint density at radius 2 is 1.87 bits per heavy atom. The van der Waals surface area contributed by atoms with Gasteiger partial charge in [-0.15, -0.1) is 0 Å². The highest BCUT2D eigenvalue weighted by atomic mass is 19.3. The van der Waals surface area contributed by atoms with Crippen molar-refractivity contribution in [3.05, 3.63) is 48.5 Å². The van der Waals surface area contributed by atoms with Gasteiger partial charge in [-0.3, -0.25) is 0 Å². The first-order valence-electron chi connectivity index (χ1n) is 7.36. The van der Waals surface area contributed by atoms with Gasteiger partial charge >= 0.3 is 12.6 Å². The summed E-state index contributed by atoms with van der Waals surface area (Å²) in [6.45, 7) is 3.30. The van der Waals surface area contributed by atoms with Gasteiger partial charge in [0.1, 0.15) is 5.75 Å². The van der Waals surface area contributed by atoms with Gasteiger partial charge in [-0.1, -0.05) is 38.1 Å². The Morgan fingerprint density at radius 1 is 1.17 bits per heavy atom. The minimum atomic E-state index is -2.86. The average Bonchev–Trinajstić information content (AvgIpc) is 2.53. The summed E-state index contributed by atoms with van der Waals surface area (Å²) >= 11 is 0. The quantitative estimate of drug-likeness (QED) is 0.418. The third-order valence-electron chi connectivity index (χ3n) is 3.36. The number of halogens is 2. The minimum absolute atomic E-state index is 0.0954. The fraction of sp³-hybridized carbons (Fsp3) is 0.278. The second-order valence-electron chi connectivity index (χ2n) is 5.07. The number of ether oxygens (including phenoxy) is 2. The molecule has 0 aromatic heterocycles. The molecule has 0 aliphatic heterocycles. The van der Waals surface area contributed by atoms with E-state index in [4.69, 9.17) is 4.74 Å². The SMILES string of the molecule is C=C(C(=O)OCCCC)c1ccc2cc(OC(F)F)ccc2c1. The number of hydrogen-bond acceptors (Lipinski definition) is 3. The number of alkyl halides is 2. The predicted octanol–water partition coefficient (Wildman–Crippen LogP) is 4.80. The van der Waals surface area contributed by atoms with Gasteiger partial charge in [-0.2, -0.15) is 8.78 Å². The maximum atomic E-state index is 12.2. The molecule has 23 heavy (non-hydrogen) atoms. The fourth-order valence-corrected chi connectivity index (χ4v) is 2.10. The summed E-state index contributed by atoms with van der Waals surface area (Å²) in [6.07, 6.45) is 1.75. The number of rotatable bonds is 7. The number of benzene rings is 2. The topological polar surface area (TPSA) is 35.5 Å². The molecule has 0 atom stereocenters. The van der Waals surface area contributed by atoms with E-state index in [0.29, 0.717) is 12.2 Å². The van der Waals surface area contributed by atoms with Gasteiger partial charge in [-0.05, 0) is 41.0 Å². The fourth-order valence-electron chi connectivity index (χ4n) is 2.10. The van der Waals surface area contributed by atoms with Gasteiger partial charge in [0.25, 0.3) is 0 Å². The van der Waals surface area contributed by atoms with E-state index in [9.17, 15) is 13.6 Å². The third kappa shape index (κ3) is 4.52. The lowest BCUT2D eigenvalue weighted by Gasteiger charge is -2.09. The lowest BCUT2D eigenvalue weighted by Crippen LogP contribution is -2.07. The van der Waals surface area contributed by atoms with Crippen LogP contribution in [0.4, 0.5) is 8.78 Å². The van der Waals surface area contributed by atoms with Crippen LogP contribution in [0.3, 0.4) is 0 Å². The van der Waals surface area contributed by atoms with Crippen molar-refractivity contribution in [2.45, 2.75) is 26.4 Å². The predicted molar refractivity (Wildman–Crippen MR) is 85.5 cm³/mol. The standard InChI is InChI=1S/C18H18F2O3/c1-3-4-9-22-17(21)12(2)13-5-6-15-11-16(23-18(19)20)8-7-14(15)10-13/h5-8,10-11,18H,2-4,9H2,1H3. The van der Waals surface area contributed by atoms with Crippen LogP contribution in [-0.4, -0.2) is 19.2 Å². The number of fused-ring (bicyclic) bond motifs is 1. The van der Waals surface area contributed by atoms with E-state index in [2.05, 4.69) is 11.3 Å². The summed E-state index contributed by atoms with van der Waals surface area (Å²) in [5, 5.41) is 1.53. The van der Waals surface area contributed by atoms with Crippen LogP contribution in [0.25, 0.3) is 16.3 Å². The Balaban J connectivity index is 2.16. The Kier molecular flexibility index (Phi) is 5.68. The molecule has 122 valence electrons. The zero-order valence-electron chi connectivity index (χ0n) is 12.9. The minimum Gasteiger partial charge on any atom is -0.462 e. The number of carbonyl (C=O) groups is 1. The normalized spacial score (nSPS) is 10.8. The molecule has 0 amide bonds. The van der Waals surface area contributed by atoms with E-state index >= 15 is 0 Å². The van der Waals surface area contributed by atoms with Crippen molar-refractivity contribution in [1.29, 1.82) is 0 Å². The summed E-state index contributed by atoms with van der Waals surface area (Å²) in [4.78, 5) is 11.9. The molecule has 0 saturated carbocycles. The molecule has 0 N–H and O–H groups in total. The van der Waals surface area contributed by atoms with Gasteiger partial charge in [0, 0.05) is 0 Å². The highest BCUT2D eigenvalue weighted by molar-refractivity contribution is 6.16. The number of esters is 1. The van der Waals surface area contributed by atoms with Crippen LogP contribution in [-0.2, 0) is 9.53 Å². The summed E-state index contributed by atoms with van der Waals surface area (Å²) in [6, 6.07) is 9.84. The van der Waals surface area contributed by atoms with E-state index in [1.807, 2.05) is 6.92 Å². The van der Waals surface area contributed by atoms with Crippen LogP contribution in [0.2, 0.25) is 0 Å². The van der Waals surface area contributed by atoms with E-state index in [-0.39, 0.29) is 11.3 Å². The molecule has 0 bridgehead atoms. The Labute approximate surface area is 133 Å². The van der Waals surface area contributed by atoms with E-state index in [0.717, 1.165) is 23.6 Å². The van der Waals surface area contributed by atoms with Gasteiger partial charge in [-0.25, -0.2) is 4.79 Å². The summed E-state index contributed by atoms with van der Waals surface area (Å²) in [5.74, 6) is -0.353. The van der Waals surface area contributed by atoms with Crippen molar-refractivity contribution in [1.82, 2.24) is 0 Å². The molecule has 0 fully saturated rings. The molecule has 5 heteroatoms. The van der Waals surface area contributed by atoms with Crippen molar-refractivity contribution in [3.63, 3.8) is 0 Å². The molecule has 2 aromatic rings. The smallest absolute Gasteiger partial charge is 0.387 e. The first-order valence-corrected chi connectivity index (χ1v) is 7.36. The molecular weight excluding hydrogens is 302 g/mol. The van der Waals surface area contributed by atoms with Crippen LogP contribution < -0.4 is 4.74 Å². The van der Waals surface area contributed by atoms with Crippen molar-refractivity contribution >= 4 is 22.3 Å². The van der Waals surface area contributed by atoms with Crippen LogP contribution >= 0.6 is 0 Å². The van der Waals surface area contributed by atoms with Crippen LogP contribution in [0.5, 0.6) is 5.75 Å². The molecule has 2 rings (SSSR count). The average molecular weight is 320 g/mol. The van der Waals surface area contributed by atoms with Crippen molar-refractivity contribution in [2.75, 3.05) is 6.61 Å². The molecule has 0 unspecified atom stereocenters. The molecule has 0 saturated heterocycles. The molecule has 2 aromatic carbocycles. The van der Waals surface area contributed by atoms with E-state index < -0.39 is 12.6 Å². The highest BCUT2D eigenvalue weighted by Crippen LogP contribution is 2.25. The molecule has 3 nitrogen and oxygen atoms in total. The summed E-state index contributed by atoms with van der Waals surface area (Å²) < 4.78 is 33.9. The lowest BCUT2D eigenvalue weighted by atomic mass is 10.0. The van der Waals surface area contributed by atoms with Gasteiger partial charge in [0.2, 0.25) is 0 Å². The second-order valence-corrected chi connectivity index (χ2v) is 5.07. The second kappa shape index (κ2) is 7.72. The van der Waals surface area contributed by atoms with Crippen LogP contribution in [0.1, 0.15) is 25.3 Å². The zero-order valence-corrected chi connectivity index (χ0v) is 12.9. The summed E-state index contributed by atoms with van der Waals surface area (Å²) in [5.41, 5.74) is 0.914. The number of carbonyl (C=O) groups excluding carboxylic acids is 1. The monoisotopic (exact) mass is 320 g/mol. The third-order valence-corrected chi connectivity index (χ3v) is 3.36. The maximum absolute atomic E-state index is 12.2. The van der Waals surface area contributed by atoms with Crippen LogP contribution in [0.15, 0.2) is 43.0 Å². The molecule has 0 spiro atoms. The molecular formula is C18H18F2O3. The van der Waals surface area contributed by atoms with E-state index in [1.165, 1.54) is 12.1 Å². The molecule has 0 heterocycles. The largest absolute Gasteiger partial charge is 0.462 e. The Bertz CT molecular complexity index is 710. The Morgan fingerprint density at radius 3 is 2.57 bits per heavy atom. The van der Waals surface area contributed by atoms with Gasteiger partial charge in [0.15, 0.2) is 0 Å². The van der Waals surface area contributed by atoms with E-state index in [1.54, 1.807) is 24.3 Å². The van der Waals surface area contributed by atoms with Crippen molar-refractivity contribution in [2.24, 2.45) is 0 Å². The number of unbranched alkanes of at least 4 members (excludes halogenated alkanes) is 1.